The van der Waals surface area contributed by atoms with Crippen LogP contribution in [0.25, 0.3) is 0 Å². The summed E-state index contributed by atoms with van der Waals surface area (Å²) in [5.41, 5.74) is 4.53. The molecule has 2 aromatic carbocycles. The third-order valence-electron chi connectivity index (χ3n) is 4.98. The molecule has 150 valence electrons. The van der Waals surface area contributed by atoms with Crippen molar-refractivity contribution in [3.63, 3.8) is 0 Å². The van der Waals surface area contributed by atoms with Gasteiger partial charge in [-0.25, -0.2) is 4.79 Å². The number of nitrogens with one attached hydrogen (secondary N) is 1. The van der Waals surface area contributed by atoms with Gasteiger partial charge < -0.3 is 24.4 Å². The summed E-state index contributed by atoms with van der Waals surface area (Å²) in [5.74, 6) is 2.27. The standard InChI is InChI=1S/C22H28N2O4/c1-15-5-6-16(2)19(11-15)28-10-8-23-22(25)24-9-7-17-12-20(26-3)21(27-4)13-18(17)14-24/h5-6,11-13H,7-10,14H2,1-4H3,(H,23,25). The van der Waals surface area contributed by atoms with Gasteiger partial charge in [0, 0.05) is 13.1 Å². The number of rotatable bonds is 6. The van der Waals surface area contributed by atoms with Gasteiger partial charge in [0.05, 0.1) is 20.8 Å². The minimum atomic E-state index is -0.0787. The molecule has 3 rings (SSSR count). The minimum Gasteiger partial charge on any atom is -0.493 e. The Morgan fingerprint density at radius 2 is 1.75 bits per heavy atom. The Hall–Kier alpha value is -2.89. The molecule has 0 unspecified atom stereocenters. The van der Waals surface area contributed by atoms with Crippen molar-refractivity contribution in [2.24, 2.45) is 0 Å². The molecular formula is C22H28N2O4. The second kappa shape index (κ2) is 8.87. The summed E-state index contributed by atoms with van der Waals surface area (Å²) in [6.45, 7) is 6.17. The van der Waals surface area contributed by atoms with Crippen molar-refractivity contribution in [3.8, 4) is 17.2 Å². The fraction of sp³-hybridized carbons (Fsp3) is 0.409. The summed E-state index contributed by atoms with van der Waals surface area (Å²) in [6, 6.07) is 9.99. The third kappa shape index (κ3) is 4.50. The van der Waals surface area contributed by atoms with Gasteiger partial charge in [0.15, 0.2) is 11.5 Å². The molecular weight excluding hydrogens is 356 g/mol. The van der Waals surface area contributed by atoms with Crippen LogP contribution >= 0.6 is 0 Å². The van der Waals surface area contributed by atoms with Crippen molar-refractivity contribution in [2.75, 3.05) is 33.9 Å². The molecule has 0 saturated heterocycles. The summed E-state index contributed by atoms with van der Waals surface area (Å²) < 4.78 is 16.5. The number of benzene rings is 2. The van der Waals surface area contributed by atoms with Crippen molar-refractivity contribution < 1.29 is 19.0 Å². The molecule has 0 saturated carbocycles. The number of ether oxygens (including phenoxy) is 3. The van der Waals surface area contributed by atoms with Crippen LogP contribution in [-0.4, -0.2) is 44.8 Å². The van der Waals surface area contributed by atoms with E-state index in [1.54, 1.807) is 14.2 Å². The van der Waals surface area contributed by atoms with Gasteiger partial charge in [-0.3, -0.25) is 0 Å². The van der Waals surface area contributed by atoms with Crippen molar-refractivity contribution in [1.29, 1.82) is 0 Å². The highest BCUT2D eigenvalue weighted by atomic mass is 16.5. The first kappa shape index (κ1) is 19.9. The van der Waals surface area contributed by atoms with Gasteiger partial charge in [-0.2, -0.15) is 0 Å². The lowest BCUT2D eigenvalue weighted by Gasteiger charge is -2.29. The van der Waals surface area contributed by atoms with E-state index in [-0.39, 0.29) is 6.03 Å². The number of fused-ring (bicyclic) bond motifs is 1. The molecule has 6 nitrogen and oxygen atoms in total. The molecule has 2 aromatic rings. The van der Waals surface area contributed by atoms with Crippen molar-refractivity contribution in [1.82, 2.24) is 10.2 Å². The highest BCUT2D eigenvalue weighted by molar-refractivity contribution is 5.74. The Morgan fingerprint density at radius 3 is 2.46 bits per heavy atom. The Bertz CT molecular complexity index is 851. The fourth-order valence-corrected chi connectivity index (χ4v) is 3.35. The van der Waals surface area contributed by atoms with Crippen LogP contribution in [0.15, 0.2) is 30.3 Å². The average Bonchev–Trinajstić information content (AvgIpc) is 2.71. The van der Waals surface area contributed by atoms with Crippen molar-refractivity contribution in [2.45, 2.75) is 26.8 Å². The van der Waals surface area contributed by atoms with E-state index in [9.17, 15) is 4.79 Å². The number of nitrogens with zero attached hydrogens (tertiary/aromatic N) is 1. The molecule has 0 aromatic heterocycles. The molecule has 0 bridgehead atoms. The molecule has 1 heterocycles. The zero-order valence-corrected chi connectivity index (χ0v) is 17.0. The largest absolute Gasteiger partial charge is 0.493 e. The first-order valence-corrected chi connectivity index (χ1v) is 9.48. The van der Waals surface area contributed by atoms with Crippen molar-refractivity contribution >= 4 is 6.03 Å². The third-order valence-corrected chi connectivity index (χ3v) is 4.98. The minimum absolute atomic E-state index is 0.0787. The van der Waals surface area contributed by atoms with Crippen LogP contribution in [0, 0.1) is 13.8 Å². The summed E-state index contributed by atoms with van der Waals surface area (Å²) in [5, 5.41) is 2.94. The van der Waals surface area contributed by atoms with Crippen molar-refractivity contribution in [3.05, 3.63) is 52.6 Å². The maximum absolute atomic E-state index is 12.5. The predicted molar refractivity (Wildman–Crippen MR) is 108 cm³/mol. The van der Waals surface area contributed by atoms with E-state index >= 15 is 0 Å². The van der Waals surface area contributed by atoms with Crippen LogP contribution < -0.4 is 19.5 Å². The molecule has 0 fully saturated rings. The highest BCUT2D eigenvalue weighted by Crippen LogP contribution is 2.33. The Labute approximate surface area is 166 Å². The molecule has 0 aliphatic carbocycles. The zero-order valence-electron chi connectivity index (χ0n) is 17.0. The fourth-order valence-electron chi connectivity index (χ4n) is 3.35. The van der Waals surface area contributed by atoms with Gasteiger partial charge in [0.1, 0.15) is 12.4 Å². The molecule has 0 spiro atoms. The quantitative estimate of drug-likeness (QED) is 0.775. The first-order chi connectivity index (χ1) is 13.5. The van der Waals surface area contributed by atoms with Crippen LogP contribution in [0.5, 0.6) is 17.2 Å². The van der Waals surface area contributed by atoms with Gasteiger partial charge >= 0.3 is 6.03 Å². The summed E-state index contributed by atoms with van der Waals surface area (Å²) in [7, 11) is 3.25. The van der Waals surface area contributed by atoms with Gasteiger partial charge in [-0.1, -0.05) is 12.1 Å². The maximum atomic E-state index is 12.5. The predicted octanol–water partition coefficient (Wildman–Crippen LogP) is 3.47. The highest BCUT2D eigenvalue weighted by Gasteiger charge is 2.22. The lowest BCUT2D eigenvalue weighted by atomic mass is 9.99. The lowest BCUT2D eigenvalue weighted by molar-refractivity contribution is 0.189. The zero-order chi connectivity index (χ0) is 20.1. The van der Waals surface area contributed by atoms with Crippen LogP contribution in [0.3, 0.4) is 0 Å². The Morgan fingerprint density at radius 1 is 1.04 bits per heavy atom. The van der Waals surface area contributed by atoms with E-state index in [0.29, 0.717) is 32.0 Å². The van der Waals surface area contributed by atoms with Crippen LogP contribution in [0.2, 0.25) is 0 Å². The lowest BCUT2D eigenvalue weighted by Crippen LogP contribution is -2.43. The maximum Gasteiger partial charge on any atom is 0.317 e. The molecule has 2 amide bonds. The monoisotopic (exact) mass is 384 g/mol. The van der Waals surface area contributed by atoms with E-state index < -0.39 is 0 Å². The van der Waals surface area contributed by atoms with E-state index in [4.69, 9.17) is 14.2 Å². The number of aryl methyl sites for hydroxylation is 2. The van der Waals surface area contributed by atoms with Gasteiger partial charge in [-0.15, -0.1) is 0 Å². The molecule has 0 radical (unpaired) electrons. The number of carbonyl (C=O) groups is 1. The number of hydrogen-bond donors (Lipinski definition) is 1. The topological polar surface area (TPSA) is 60.0 Å². The Balaban J connectivity index is 1.52. The molecule has 0 atom stereocenters. The smallest absolute Gasteiger partial charge is 0.317 e. The second-order valence-electron chi connectivity index (χ2n) is 7.00. The number of urea groups is 1. The van der Waals surface area contributed by atoms with E-state index in [1.807, 2.05) is 43.0 Å². The molecule has 28 heavy (non-hydrogen) atoms. The van der Waals surface area contributed by atoms with Crippen LogP contribution in [-0.2, 0) is 13.0 Å². The molecule has 6 heteroatoms. The SMILES string of the molecule is COc1cc2c(cc1OC)CN(C(=O)NCCOc1cc(C)ccc1C)CC2. The average molecular weight is 384 g/mol. The van der Waals surface area contributed by atoms with E-state index in [2.05, 4.69) is 11.4 Å². The summed E-state index contributed by atoms with van der Waals surface area (Å²) in [6.07, 6.45) is 0.794. The number of amides is 2. The van der Waals surface area contributed by atoms with Crippen LogP contribution in [0.4, 0.5) is 4.79 Å². The van der Waals surface area contributed by atoms with Crippen LogP contribution in [0.1, 0.15) is 22.3 Å². The van der Waals surface area contributed by atoms with E-state index in [0.717, 1.165) is 34.6 Å². The van der Waals surface area contributed by atoms with Gasteiger partial charge in [-0.05, 0) is 60.7 Å². The Kier molecular flexibility index (Phi) is 6.29. The van der Waals surface area contributed by atoms with Gasteiger partial charge in [0.2, 0.25) is 0 Å². The number of hydrogen-bond acceptors (Lipinski definition) is 4. The molecule has 1 aliphatic heterocycles. The normalized spacial score (nSPS) is 12.9. The van der Waals surface area contributed by atoms with Gasteiger partial charge in [0.25, 0.3) is 0 Å². The molecule has 1 aliphatic rings. The van der Waals surface area contributed by atoms with E-state index in [1.165, 1.54) is 5.56 Å². The second-order valence-corrected chi connectivity index (χ2v) is 7.00. The summed E-state index contributed by atoms with van der Waals surface area (Å²) in [4.78, 5) is 14.3. The first-order valence-electron chi connectivity index (χ1n) is 9.48. The number of carbonyl (C=O) groups excluding carboxylic acids is 1. The number of methoxy groups -OCH3 is 2. The molecule has 1 N–H and O–H groups in total. The summed E-state index contributed by atoms with van der Waals surface area (Å²) >= 11 is 0.